The molecule has 0 saturated carbocycles. The van der Waals surface area contributed by atoms with Crippen molar-refractivity contribution >= 4 is 10.2 Å². The zero-order valence-electron chi connectivity index (χ0n) is 15.1. The topological polar surface area (TPSA) is 59.1 Å². The van der Waals surface area contributed by atoms with Gasteiger partial charge in [-0.05, 0) is 43.4 Å². The quantitative estimate of drug-likeness (QED) is 0.801. The van der Waals surface area contributed by atoms with Crippen LogP contribution < -0.4 is 4.74 Å². The Balaban J connectivity index is 1.82. The zero-order chi connectivity index (χ0) is 17.9. The Morgan fingerprint density at radius 1 is 1.04 bits per heavy atom. The summed E-state index contributed by atoms with van der Waals surface area (Å²) in [5.41, 5.74) is 1.01. The van der Waals surface area contributed by atoms with Crippen molar-refractivity contribution in [3.05, 3.63) is 29.8 Å². The number of benzene rings is 1. The van der Waals surface area contributed by atoms with Crippen LogP contribution in [0, 0.1) is 0 Å². The number of ether oxygens (including phenoxy) is 2. The fourth-order valence-corrected chi connectivity index (χ4v) is 5.69. The Bertz CT molecular complexity index is 671. The van der Waals surface area contributed by atoms with E-state index in [4.69, 9.17) is 9.47 Å². The highest BCUT2D eigenvalue weighted by Crippen LogP contribution is 2.36. The molecule has 1 atom stereocenters. The Morgan fingerprint density at radius 2 is 1.80 bits per heavy atom. The van der Waals surface area contributed by atoms with E-state index >= 15 is 0 Å². The fraction of sp³-hybridized carbons (Fsp3) is 0.667. The summed E-state index contributed by atoms with van der Waals surface area (Å²) in [6.07, 6.45) is 4.48. The Labute approximate surface area is 150 Å². The third-order valence-corrected chi connectivity index (χ3v) is 7.34. The molecule has 0 aliphatic carbocycles. The van der Waals surface area contributed by atoms with Crippen molar-refractivity contribution < 1.29 is 17.9 Å². The van der Waals surface area contributed by atoms with E-state index in [0.29, 0.717) is 19.6 Å². The van der Waals surface area contributed by atoms with E-state index in [1.165, 1.54) is 0 Å². The van der Waals surface area contributed by atoms with Gasteiger partial charge in [-0.3, -0.25) is 0 Å². The molecule has 0 aromatic heterocycles. The van der Waals surface area contributed by atoms with Gasteiger partial charge in [0.1, 0.15) is 5.75 Å². The monoisotopic (exact) mass is 368 g/mol. The van der Waals surface area contributed by atoms with Crippen LogP contribution >= 0.6 is 0 Å². The molecule has 7 heteroatoms. The van der Waals surface area contributed by atoms with Crippen LogP contribution in [0.5, 0.6) is 5.75 Å². The lowest BCUT2D eigenvalue weighted by Crippen LogP contribution is -2.50. The molecule has 0 unspecified atom stereocenters. The second kappa shape index (κ2) is 8.03. The molecule has 2 aliphatic heterocycles. The minimum absolute atomic E-state index is 0.117. The largest absolute Gasteiger partial charge is 0.497 e. The van der Waals surface area contributed by atoms with Crippen LogP contribution in [0.3, 0.4) is 0 Å². The fourth-order valence-electron chi connectivity index (χ4n) is 3.81. The molecule has 2 fully saturated rings. The van der Waals surface area contributed by atoms with Crippen LogP contribution in [0.1, 0.15) is 43.7 Å². The molecule has 140 valence electrons. The van der Waals surface area contributed by atoms with Gasteiger partial charge in [-0.2, -0.15) is 17.0 Å². The van der Waals surface area contributed by atoms with E-state index in [9.17, 15) is 8.42 Å². The van der Waals surface area contributed by atoms with Crippen molar-refractivity contribution in [2.75, 3.05) is 33.9 Å². The molecule has 0 spiro atoms. The minimum atomic E-state index is -3.46. The van der Waals surface area contributed by atoms with Gasteiger partial charge >= 0.3 is 0 Å². The van der Waals surface area contributed by atoms with E-state index in [2.05, 4.69) is 0 Å². The first-order chi connectivity index (χ1) is 12.1. The number of hydrogen-bond donors (Lipinski definition) is 0. The lowest BCUT2D eigenvalue weighted by Gasteiger charge is -2.40. The van der Waals surface area contributed by atoms with E-state index in [-0.39, 0.29) is 12.1 Å². The maximum Gasteiger partial charge on any atom is 0.282 e. The molecule has 0 bridgehead atoms. The van der Waals surface area contributed by atoms with Gasteiger partial charge in [-0.25, -0.2) is 0 Å². The summed E-state index contributed by atoms with van der Waals surface area (Å²) < 4.78 is 40.5. The Morgan fingerprint density at radius 3 is 2.48 bits per heavy atom. The molecule has 2 heterocycles. The minimum Gasteiger partial charge on any atom is -0.497 e. The van der Waals surface area contributed by atoms with E-state index in [1.54, 1.807) is 22.8 Å². The molecule has 2 saturated heterocycles. The summed E-state index contributed by atoms with van der Waals surface area (Å²) in [6, 6.07) is 7.65. The van der Waals surface area contributed by atoms with Crippen LogP contribution in [-0.4, -0.2) is 57.0 Å². The van der Waals surface area contributed by atoms with Crippen molar-refractivity contribution in [2.45, 2.75) is 44.2 Å². The van der Waals surface area contributed by atoms with Gasteiger partial charge in [0.05, 0.1) is 19.3 Å². The highest BCUT2D eigenvalue weighted by Gasteiger charge is 2.38. The first-order valence-corrected chi connectivity index (χ1v) is 10.4. The van der Waals surface area contributed by atoms with Crippen LogP contribution in [0.2, 0.25) is 0 Å². The number of rotatable bonds is 5. The molecule has 2 aliphatic rings. The highest BCUT2D eigenvalue weighted by atomic mass is 32.2. The summed E-state index contributed by atoms with van der Waals surface area (Å²) in [5.74, 6) is 0.765. The second-order valence-electron chi connectivity index (χ2n) is 6.74. The van der Waals surface area contributed by atoms with Gasteiger partial charge in [0.2, 0.25) is 0 Å². The molecule has 6 nitrogen and oxygen atoms in total. The summed E-state index contributed by atoms with van der Waals surface area (Å²) in [4.78, 5) is 0. The standard InChI is InChI=1S/C18H28N2O4S/c1-23-16-9-12-19(13-10-16)25(21,22)20-11-4-3-8-18(20)15-6-5-7-17(14-15)24-2/h5-7,14,16,18H,3-4,8-13H2,1-2H3/t18-/m0/s1. The van der Waals surface area contributed by atoms with Crippen LogP contribution in [0.15, 0.2) is 24.3 Å². The predicted octanol–water partition coefficient (Wildman–Crippen LogP) is 2.58. The van der Waals surface area contributed by atoms with E-state index < -0.39 is 10.2 Å². The molecule has 0 amide bonds. The number of methoxy groups -OCH3 is 2. The summed E-state index contributed by atoms with van der Waals surface area (Å²) in [6.45, 7) is 1.64. The first kappa shape index (κ1) is 18.6. The average molecular weight is 368 g/mol. The SMILES string of the molecule is COc1cccc([C@@H]2CCCCN2S(=O)(=O)N2CCC(OC)CC2)c1. The highest BCUT2D eigenvalue weighted by molar-refractivity contribution is 7.86. The first-order valence-electron chi connectivity index (χ1n) is 9.00. The molecule has 1 aromatic rings. The average Bonchev–Trinajstić information content (AvgIpc) is 2.68. The zero-order valence-corrected chi connectivity index (χ0v) is 15.9. The molecular formula is C18H28N2O4S. The van der Waals surface area contributed by atoms with Crippen molar-refractivity contribution in [3.8, 4) is 5.75 Å². The lowest BCUT2D eigenvalue weighted by molar-refractivity contribution is 0.0582. The molecule has 25 heavy (non-hydrogen) atoms. The van der Waals surface area contributed by atoms with E-state index in [1.807, 2.05) is 24.3 Å². The molecule has 1 aromatic carbocycles. The normalized spacial score (nSPS) is 24.3. The van der Waals surface area contributed by atoms with Crippen molar-refractivity contribution in [3.63, 3.8) is 0 Å². The predicted molar refractivity (Wildman–Crippen MR) is 96.8 cm³/mol. The number of piperidine rings is 2. The second-order valence-corrected chi connectivity index (χ2v) is 8.62. The number of hydrogen-bond acceptors (Lipinski definition) is 4. The molecule has 3 rings (SSSR count). The van der Waals surface area contributed by atoms with E-state index in [0.717, 1.165) is 43.4 Å². The third kappa shape index (κ3) is 4.00. The summed E-state index contributed by atoms with van der Waals surface area (Å²) in [7, 11) is -0.137. The van der Waals surface area contributed by atoms with Crippen molar-refractivity contribution in [1.82, 2.24) is 8.61 Å². The van der Waals surface area contributed by atoms with Crippen molar-refractivity contribution in [2.24, 2.45) is 0 Å². The molecule has 0 radical (unpaired) electrons. The molecular weight excluding hydrogens is 340 g/mol. The smallest absolute Gasteiger partial charge is 0.282 e. The maximum atomic E-state index is 13.3. The van der Waals surface area contributed by atoms with Gasteiger partial charge in [-0.15, -0.1) is 0 Å². The third-order valence-electron chi connectivity index (χ3n) is 5.29. The summed E-state index contributed by atoms with van der Waals surface area (Å²) in [5, 5.41) is 0. The van der Waals surface area contributed by atoms with Crippen molar-refractivity contribution in [1.29, 1.82) is 0 Å². The number of nitrogens with zero attached hydrogens (tertiary/aromatic N) is 2. The van der Waals surface area contributed by atoms with Crippen LogP contribution in [-0.2, 0) is 14.9 Å². The maximum absolute atomic E-state index is 13.3. The van der Waals surface area contributed by atoms with Gasteiger partial charge in [0.25, 0.3) is 10.2 Å². The van der Waals surface area contributed by atoms with Gasteiger partial charge in [0, 0.05) is 26.7 Å². The molecule has 0 N–H and O–H groups in total. The van der Waals surface area contributed by atoms with Gasteiger partial charge < -0.3 is 9.47 Å². The van der Waals surface area contributed by atoms with Crippen LogP contribution in [0.4, 0.5) is 0 Å². The Kier molecular flexibility index (Phi) is 5.99. The summed E-state index contributed by atoms with van der Waals surface area (Å²) >= 11 is 0. The lowest BCUT2D eigenvalue weighted by atomic mass is 9.97. The van der Waals surface area contributed by atoms with Gasteiger partial charge in [0.15, 0.2) is 0 Å². The van der Waals surface area contributed by atoms with Gasteiger partial charge in [-0.1, -0.05) is 18.6 Å². The van der Waals surface area contributed by atoms with Crippen LogP contribution in [0.25, 0.3) is 0 Å². The Hall–Kier alpha value is -1.15.